The van der Waals surface area contributed by atoms with Crippen LogP contribution < -0.4 is 4.74 Å². The molecule has 0 aliphatic carbocycles. The lowest BCUT2D eigenvalue weighted by atomic mass is 9.98. The molecule has 2 aromatic heterocycles. The minimum atomic E-state index is -0.0347. The van der Waals surface area contributed by atoms with Crippen molar-refractivity contribution in [1.29, 1.82) is 0 Å². The van der Waals surface area contributed by atoms with Gasteiger partial charge in [-0.1, -0.05) is 11.3 Å². The predicted molar refractivity (Wildman–Crippen MR) is 88.7 cm³/mol. The Morgan fingerprint density at radius 3 is 3.04 bits per heavy atom. The Bertz CT molecular complexity index is 671. The molecule has 1 amide bonds. The fourth-order valence-corrected chi connectivity index (χ4v) is 3.00. The largest absolute Gasteiger partial charge is 0.475 e. The fourth-order valence-electron chi connectivity index (χ4n) is 3.00. The zero-order chi connectivity index (χ0) is 16.9. The normalized spacial score (nSPS) is 18.0. The second-order valence-corrected chi connectivity index (χ2v) is 6.41. The zero-order valence-electron chi connectivity index (χ0n) is 14.1. The lowest BCUT2D eigenvalue weighted by molar-refractivity contribution is 0.0651. The zero-order valence-corrected chi connectivity index (χ0v) is 14.1. The number of hydrogen-bond donors (Lipinski definition) is 0. The summed E-state index contributed by atoms with van der Waals surface area (Å²) in [5.41, 5.74) is 0.439. The molecule has 0 saturated carbocycles. The van der Waals surface area contributed by atoms with E-state index in [1.165, 1.54) is 0 Å². The molecule has 0 aromatic carbocycles. The number of pyridine rings is 1. The summed E-state index contributed by atoms with van der Waals surface area (Å²) in [5, 5.41) is 7.84. The summed E-state index contributed by atoms with van der Waals surface area (Å²) in [4.78, 5) is 19.0. The van der Waals surface area contributed by atoms with Crippen molar-refractivity contribution in [2.75, 3.05) is 13.1 Å². The highest BCUT2D eigenvalue weighted by Crippen LogP contribution is 2.20. The Morgan fingerprint density at radius 2 is 2.29 bits per heavy atom. The Labute approximate surface area is 141 Å². The van der Waals surface area contributed by atoms with Gasteiger partial charge in [0.2, 0.25) is 5.88 Å². The molecule has 7 nitrogen and oxygen atoms in total. The summed E-state index contributed by atoms with van der Waals surface area (Å²) in [6.07, 6.45) is 5.65. The lowest BCUT2D eigenvalue weighted by Crippen LogP contribution is -2.41. The van der Waals surface area contributed by atoms with Crippen molar-refractivity contribution < 1.29 is 9.53 Å². The summed E-state index contributed by atoms with van der Waals surface area (Å²) >= 11 is 0. The molecule has 0 bridgehead atoms. The van der Waals surface area contributed by atoms with Crippen molar-refractivity contribution in [3.63, 3.8) is 0 Å². The van der Waals surface area contributed by atoms with E-state index in [4.69, 9.17) is 4.74 Å². The molecule has 0 radical (unpaired) electrons. The van der Waals surface area contributed by atoms with Crippen LogP contribution in [0.3, 0.4) is 0 Å². The minimum Gasteiger partial charge on any atom is -0.475 e. The fraction of sp³-hybridized carbons (Fsp3) is 0.529. The number of rotatable bonds is 5. The molecular weight excluding hydrogens is 306 g/mol. The van der Waals surface area contributed by atoms with Gasteiger partial charge in [-0.2, -0.15) is 0 Å². The molecule has 1 saturated heterocycles. The first-order valence-electron chi connectivity index (χ1n) is 8.39. The maximum atomic E-state index is 12.8. The van der Waals surface area contributed by atoms with E-state index < -0.39 is 0 Å². The second-order valence-electron chi connectivity index (χ2n) is 6.41. The summed E-state index contributed by atoms with van der Waals surface area (Å²) in [7, 11) is 0. The van der Waals surface area contributed by atoms with E-state index in [0.717, 1.165) is 32.5 Å². The number of carbonyl (C=O) groups is 1. The average molecular weight is 329 g/mol. The van der Waals surface area contributed by atoms with Gasteiger partial charge in [0.1, 0.15) is 5.69 Å². The number of nitrogens with zero attached hydrogens (tertiary/aromatic N) is 5. The van der Waals surface area contributed by atoms with E-state index in [9.17, 15) is 4.79 Å². The maximum absolute atomic E-state index is 12.8. The Kier molecular flexibility index (Phi) is 5.08. The van der Waals surface area contributed by atoms with Gasteiger partial charge in [-0.25, -0.2) is 4.98 Å². The molecule has 1 aliphatic heterocycles. The average Bonchev–Trinajstić information content (AvgIpc) is 3.07. The molecule has 2 aromatic rings. The summed E-state index contributed by atoms with van der Waals surface area (Å²) in [5.74, 6) is 0.846. The van der Waals surface area contributed by atoms with Crippen LogP contribution in [0.5, 0.6) is 5.88 Å². The molecule has 24 heavy (non-hydrogen) atoms. The SMILES string of the molecule is CC(C)Oc1cccc(C(=O)N2CCCC(Cn3ccnn3)C2)n1. The first-order chi connectivity index (χ1) is 11.6. The van der Waals surface area contributed by atoms with E-state index in [0.29, 0.717) is 17.5 Å². The summed E-state index contributed by atoms with van der Waals surface area (Å²) < 4.78 is 7.41. The molecule has 1 aliphatic rings. The van der Waals surface area contributed by atoms with E-state index in [1.54, 1.807) is 18.3 Å². The van der Waals surface area contributed by atoms with Crippen molar-refractivity contribution in [1.82, 2.24) is 24.9 Å². The van der Waals surface area contributed by atoms with E-state index in [1.807, 2.05) is 35.7 Å². The van der Waals surface area contributed by atoms with Gasteiger partial charge >= 0.3 is 0 Å². The molecule has 1 unspecified atom stereocenters. The van der Waals surface area contributed by atoms with Crippen molar-refractivity contribution in [2.45, 2.75) is 39.3 Å². The molecule has 0 spiro atoms. The first-order valence-corrected chi connectivity index (χ1v) is 8.39. The van der Waals surface area contributed by atoms with Crippen molar-refractivity contribution in [3.05, 3.63) is 36.3 Å². The van der Waals surface area contributed by atoms with Crippen LogP contribution in [0.15, 0.2) is 30.6 Å². The molecule has 128 valence electrons. The van der Waals surface area contributed by atoms with Gasteiger partial charge in [0.25, 0.3) is 5.91 Å². The van der Waals surface area contributed by atoms with Gasteiger partial charge in [-0.3, -0.25) is 9.48 Å². The van der Waals surface area contributed by atoms with Crippen LogP contribution in [0, 0.1) is 5.92 Å². The lowest BCUT2D eigenvalue weighted by Gasteiger charge is -2.32. The standard InChI is InChI=1S/C17H23N5O2/c1-13(2)24-16-7-3-6-15(19-16)17(23)21-9-4-5-14(11-21)12-22-10-8-18-20-22/h3,6-8,10,13-14H,4-5,9,11-12H2,1-2H3. The van der Waals surface area contributed by atoms with Gasteiger partial charge in [0, 0.05) is 31.9 Å². The predicted octanol–water partition coefficient (Wildman–Crippen LogP) is 2.01. The van der Waals surface area contributed by atoms with Crippen LogP contribution in [0.2, 0.25) is 0 Å². The highest BCUT2D eigenvalue weighted by atomic mass is 16.5. The smallest absolute Gasteiger partial charge is 0.272 e. The van der Waals surface area contributed by atoms with Crippen LogP contribution in [-0.2, 0) is 6.54 Å². The number of aromatic nitrogens is 4. The monoisotopic (exact) mass is 329 g/mol. The topological polar surface area (TPSA) is 73.1 Å². The Morgan fingerprint density at radius 1 is 1.42 bits per heavy atom. The molecular formula is C17H23N5O2. The van der Waals surface area contributed by atoms with Gasteiger partial charge in [0.15, 0.2) is 0 Å². The second kappa shape index (κ2) is 7.42. The van der Waals surface area contributed by atoms with Gasteiger partial charge in [-0.05, 0) is 38.7 Å². The molecule has 1 fully saturated rings. The van der Waals surface area contributed by atoms with E-state index in [2.05, 4.69) is 15.3 Å². The van der Waals surface area contributed by atoms with Crippen molar-refractivity contribution >= 4 is 5.91 Å². The van der Waals surface area contributed by atoms with Crippen LogP contribution in [0.25, 0.3) is 0 Å². The summed E-state index contributed by atoms with van der Waals surface area (Å²) in [6, 6.07) is 5.34. The third kappa shape index (κ3) is 4.10. The van der Waals surface area contributed by atoms with Crippen LogP contribution in [-0.4, -0.2) is 50.0 Å². The van der Waals surface area contributed by atoms with Crippen LogP contribution in [0.1, 0.15) is 37.2 Å². The number of carbonyl (C=O) groups excluding carboxylic acids is 1. The molecule has 3 heterocycles. The highest BCUT2D eigenvalue weighted by molar-refractivity contribution is 5.92. The van der Waals surface area contributed by atoms with Gasteiger partial charge in [0.05, 0.1) is 12.3 Å². The number of amides is 1. The third-order valence-corrected chi connectivity index (χ3v) is 4.02. The molecule has 3 rings (SSSR count). The van der Waals surface area contributed by atoms with Crippen LogP contribution in [0.4, 0.5) is 0 Å². The maximum Gasteiger partial charge on any atom is 0.272 e. The van der Waals surface area contributed by atoms with Crippen molar-refractivity contribution in [3.8, 4) is 5.88 Å². The number of ether oxygens (including phenoxy) is 1. The number of hydrogen-bond acceptors (Lipinski definition) is 5. The molecule has 0 N–H and O–H groups in total. The first kappa shape index (κ1) is 16.4. The highest BCUT2D eigenvalue weighted by Gasteiger charge is 2.25. The molecule has 1 atom stereocenters. The minimum absolute atomic E-state index is 0.0323. The molecule has 7 heteroatoms. The number of piperidine rings is 1. The van der Waals surface area contributed by atoms with Gasteiger partial charge in [-0.15, -0.1) is 5.10 Å². The third-order valence-electron chi connectivity index (χ3n) is 4.02. The summed E-state index contributed by atoms with van der Waals surface area (Å²) in [6.45, 7) is 6.15. The number of likely N-dealkylation sites (tertiary alicyclic amines) is 1. The quantitative estimate of drug-likeness (QED) is 0.839. The van der Waals surface area contributed by atoms with E-state index >= 15 is 0 Å². The Balaban J connectivity index is 1.65. The van der Waals surface area contributed by atoms with Gasteiger partial charge < -0.3 is 9.64 Å². The van der Waals surface area contributed by atoms with Crippen LogP contribution >= 0.6 is 0 Å². The van der Waals surface area contributed by atoms with Crippen molar-refractivity contribution in [2.24, 2.45) is 5.92 Å². The van der Waals surface area contributed by atoms with E-state index in [-0.39, 0.29) is 12.0 Å². The Hall–Kier alpha value is -2.44.